The molecule has 0 heterocycles. The molecule has 0 saturated carbocycles. The summed E-state index contributed by atoms with van der Waals surface area (Å²) in [4.78, 5) is 11.3. The SMILES string of the molecule is COCCC(C(=O)O)c1ccc2c(c1)CCCC2. The van der Waals surface area contributed by atoms with Gasteiger partial charge in [0.05, 0.1) is 5.92 Å². The summed E-state index contributed by atoms with van der Waals surface area (Å²) in [5.74, 6) is -1.21. The molecule has 1 N–H and O–H groups in total. The van der Waals surface area contributed by atoms with Gasteiger partial charge in [-0.15, -0.1) is 0 Å². The molecule has 18 heavy (non-hydrogen) atoms. The molecule has 3 nitrogen and oxygen atoms in total. The maximum atomic E-state index is 11.3. The quantitative estimate of drug-likeness (QED) is 0.871. The molecule has 98 valence electrons. The van der Waals surface area contributed by atoms with Crippen LogP contribution in [0.1, 0.15) is 41.9 Å². The highest BCUT2D eigenvalue weighted by Crippen LogP contribution is 2.27. The van der Waals surface area contributed by atoms with E-state index in [4.69, 9.17) is 4.74 Å². The zero-order chi connectivity index (χ0) is 13.0. The minimum absolute atomic E-state index is 0.447. The van der Waals surface area contributed by atoms with Crippen molar-refractivity contribution in [3.05, 3.63) is 34.9 Å². The number of carboxylic acid groups (broad SMARTS) is 1. The van der Waals surface area contributed by atoms with Gasteiger partial charge in [-0.2, -0.15) is 0 Å². The molecule has 0 radical (unpaired) electrons. The van der Waals surface area contributed by atoms with Crippen molar-refractivity contribution in [1.29, 1.82) is 0 Å². The van der Waals surface area contributed by atoms with E-state index in [9.17, 15) is 9.90 Å². The van der Waals surface area contributed by atoms with E-state index in [-0.39, 0.29) is 0 Å². The van der Waals surface area contributed by atoms with Gasteiger partial charge in [-0.25, -0.2) is 0 Å². The first-order valence-electron chi connectivity index (χ1n) is 6.56. The van der Waals surface area contributed by atoms with E-state index in [1.807, 2.05) is 6.07 Å². The molecule has 0 saturated heterocycles. The number of methoxy groups -OCH3 is 1. The molecule has 0 spiro atoms. The molecule has 1 aromatic carbocycles. The molecule has 1 unspecified atom stereocenters. The second-order valence-electron chi connectivity index (χ2n) is 4.91. The number of rotatable bonds is 5. The molecule has 0 bridgehead atoms. The third-order valence-electron chi connectivity index (χ3n) is 3.68. The first kappa shape index (κ1) is 13.1. The Morgan fingerprint density at radius 1 is 1.33 bits per heavy atom. The summed E-state index contributed by atoms with van der Waals surface area (Å²) in [5.41, 5.74) is 3.64. The number of hydrogen-bond donors (Lipinski definition) is 1. The minimum Gasteiger partial charge on any atom is -0.481 e. The number of carboxylic acids is 1. The van der Waals surface area contributed by atoms with Gasteiger partial charge in [0.1, 0.15) is 0 Å². The van der Waals surface area contributed by atoms with Crippen molar-refractivity contribution in [1.82, 2.24) is 0 Å². The lowest BCUT2D eigenvalue weighted by molar-refractivity contribution is -0.139. The number of hydrogen-bond acceptors (Lipinski definition) is 2. The van der Waals surface area contributed by atoms with Gasteiger partial charge < -0.3 is 9.84 Å². The normalized spacial score (nSPS) is 16.1. The molecule has 1 atom stereocenters. The molecule has 2 rings (SSSR count). The topological polar surface area (TPSA) is 46.5 Å². The average Bonchev–Trinajstić information content (AvgIpc) is 2.38. The largest absolute Gasteiger partial charge is 0.481 e. The highest BCUT2D eigenvalue weighted by Gasteiger charge is 2.21. The average molecular weight is 248 g/mol. The second-order valence-corrected chi connectivity index (χ2v) is 4.91. The summed E-state index contributed by atoms with van der Waals surface area (Å²) < 4.78 is 4.99. The Morgan fingerprint density at radius 3 is 2.72 bits per heavy atom. The van der Waals surface area contributed by atoms with Crippen LogP contribution in [0.2, 0.25) is 0 Å². The van der Waals surface area contributed by atoms with Gasteiger partial charge in [-0.3, -0.25) is 4.79 Å². The Balaban J connectivity index is 2.22. The van der Waals surface area contributed by atoms with Crippen molar-refractivity contribution in [3.63, 3.8) is 0 Å². The fourth-order valence-electron chi connectivity index (χ4n) is 2.64. The Kier molecular flexibility index (Phi) is 4.37. The van der Waals surface area contributed by atoms with E-state index in [0.717, 1.165) is 18.4 Å². The van der Waals surface area contributed by atoms with Gasteiger partial charge >= 0.3 is 5.97 Å². The van der Waals surface area contributed by atoms with Crippen LogP contribution in [0, 0.1) is 0 Å². The van der Waals surface area contributed by atoms with Gasteiger partial charge in [-0.1, -0.05) is 18.2 Å². The summed E-state index contributed by atoms with van der Waals surface area (Å²) in [5, 5.41) is 9.30. The van der Waals surface area contributed by atoms with Crippen molar-refractivity contribution >= 4 is 5.97 Å². The third kappa shape index (κ3) is 2.91. The maximum absolute atomic E-state index is 11.3. The maximum Gasteiger partial charge on any atom is 0.311 e. The van der Waals surface area contributed by atoms with E-state index < -0.39 is 11.9 Å². The number of aryl methyl sites for hydroxylation is 2. The monoisotopic (exact) mass is 248 g/mol. The smallest absolute Gasteiger partial charge is 0.311 e. The number of carbonyl (C=O) groups is 1. The van der Waals surface area contributed by atoms with Gasteiger partial charge in [0.2, 0.25) is 0 Å². The van der Waals surface area contributed by atoms with Crippen LogP contribution < -0.4 is 0 Å². The van der Waals surface area contributed by atoms with E-state index in [0.29, 0.717) is 13.0 Å². The van der Waals surface area contributed by atoms with Crippen molar-refractivity contribution < 1.29 is 14.6 Å². The van der Waals surface area contributed by atoms with Crippen molar-refractivity contribution in [2.24, 2.45) is 0 Å². The van der Waals surface area contributed by atoms with Crippen LogP contribution in [0.15, 0.2) is 18.2 Å². The second kappa shape index (κ2) is 6.01. The Hall–Kier alpha value is -1.35. The van der Waals surface area contributed by atoms with Crippen LogP contribution in [-0.4, -0.2) is 24.8 Å². The van der Waals surface area contributed by atoms with Crippen molar-refractivity contribution in [3.8, 4) is 0 Å². The number of fused-ring (bicyclic) bond motifs is 1. The van der Waals surface area contributed by atoms with Crippen LogP contribution >= 0.6 is 0 Å². The van der Waals surface area contributed by atoms with Crippen LogP contribution in [0.5, 0.6) is 0 Å². The van der Waals surface area contributed by atoms with Gasteiger partial charge in [-0.05, 0) is 48.8 Å². The summed E-state index contributed by atoms with van der Waals surface area (Å²) in [6.45, 7) is 0.480. The molecule has 1 aliphatic carbocycles. The standard InChI is InChI=1S/C15H20O3/c1-18-9-8-14(15(16)17)13-7-6-11-4-2-3-5-12(11)10-13/h6-7,10,14H,2-5,8-9H2,1H3,(H,16,17). The molecule has 0 aliphatic heterocycles. The lowest BCUT2D eigenvalue weighted by atomic mass is 9.87. The third-order valence-corrected chi connectivity index (χ3v) is 3.68. The number of aliphatic carboxylic acids is 1. The summed E-state index contributed by atoms with van der Waals surface area (Å²) in [6, 6.07) is 6.16. The molecule has 0 aromatic heterocycles. The Morgan fingerprint density at radius 2 is 2.06 bits per heavy atom. The van der Waals surface area contributed by atoms with Gasteiger partial charge in [0.15, 0.2) is 0 Å². The molecule has 0 amide bonds. The van der Waals surface area contributed by atoms with Gasteiger partial charge in [0.25, 0.3) is 0 Å². The number of ether oxygens (including phenoxy) is 1. The van der Waals surface area contributed by atoms with Crippen LogP contribution in [0.3, 0.4) is 0 Å². The van der Waals surface area contributed by atoms with E-state index in [1.54, 1.807) is 7.11 Å². The lowest BCUT2D eigenvalue weighted by Crippen LogP contribution is -2.15. The highest BCUT2D eigenvalue weighted by atomic mass is 16.5. The van der Waals surface area contributed by atoms with E-state index in [1.165, 1.54) is 24.0 Å². The first-order valence-corrected chi connectivity index (χ1v) is 6.56. The first-order chi connectivity index (χ1) is 8.72. The fraction of sp³-hybridized carbons (Fsp3) is 0.533. The molecule has 1 aliphatic rings. The minimum atomic E-state index is -0.761. The van der Waals surface area contributed by atoms with Crippen molar-refractivity contribution in [2.45, 2.75) is 38.0 Å². The molecule has 1 aromatic rings. The number of benzene rings is 1. The Bertz CT molecular complexity index is 426. The fourth-order valence-corrected chi connectivity index (χ4v) is 2.64. The predicted octanol–water partition coefficient (Wildman–Crippen LogP) is 2.77. The molecule has 3 heteroatoms. The summed E-state index contributed by atoms with van der Waals surface area (Å²) >= 11 is 0. The van der Waals surface area contributed by atoms with E-state index >= 15 is 0 Å². The van der Waals surface area contributed by atoms with E-state index in [2.05, 4.69) is 12.1 Å². The molecular weight excluding hydrogens is 228 g/mol. The molecular formula is C15H20O3. The highest BCUT2D eigenvalue weighted by molar-refractivity contribution is 5.76. The van der Waals surface area contributed by atoms with Crippen LogP contribution in [0.25, 0.3) is 0 Å². The zero-order valence-electron chi connectivity index (χ0n) is 10.8. The summed E-state index contributed by atoms with van der Waals surface area (Å²) in [7, 11) is 1.60. The van der Waals surface area contributed by atoms with Crippen LogP contribution in [0.4, 0.5) is 0 Å². The van der Waals surface area contributed by atoms with Gasteiger partial charge in [0, 0.05) is 13.7 Å². The zero-order valence-corrected chi connectivity index (χ0v) is 10.8. The van der Waals surface area contributed by atoms with Crippen molar-refractivity contribution in [2.75, 3.05) is 13.7 Å². The predicted molar refractivity (Wildman–Crippen MR) is 70.0 cm³/mol. The molecule has 0 fully saturated rings. The van der Waals surface area contributed by atoms with Crippen LogP contribution in [-0.2, 0) is 22.4 Å². The Labute approximate surface area is 108 Å². The summed E-state index contributed by atoms with van der Waals surface area (Å²) in [6.07, 6.45) is 5.21. The lowest BCUT2D eigenvalue weighted by Gasteiger charge is -2.19.